The molecule has 0 amide bonds. The van der Waals surface area contributed by atoms with Gasteiger partial charge >= 0.3 is 5.97 Å². The van der Waals surface area contributed by atoms with E-state index >= 15 is 0 Å². The molecular weight excluding hydrogens is 390 g/mol. The van der Waals surface area contributed by atoms with Crippen LogP contribution >= 0.6 is 0 Å². The van der Waals surface area contributed by atoms with Crippen molar-refractivity contribution in [2.75, 3.05) is 7.11 Å². The van der Waals surface area contributed by atoms with Crippen LogP contribution in [0.3, 0.4) is 0 Å². The monoisotopic (exact) mass is 407 g/mol. The molecule has 0 saturated carbocycles. The fourth-order valence-electron chi connectivity index (χ4n) is 3.01. The molecule has 0 saturated heterocycles. The number of hydrogen-bond donors (Lipinski definition) is 0. The molecule has 146 valence electrons. The van der Waals surface area contributed by atoms with Gasteiger partial charge in [-0.3, -0.25) is 0 Å². The van der Waals surface area contributed by atoms with Gasteiger partial charge in [-0.2, -0.15) is 0 Å². The van der Waals surface area contributed by atoms with E-state index in [9.17, 15) is 13.2 Å². The number of carbonyl (C=O) groups is 1. The first-order valence-corrected chi connectivity index (χ1v) is 10.2. The van der Waals surface area contributed by atoms with E-state index < -0.39 is 16.0 Å². The van der Waals surface area contributed by atoms with Gasteiger partial charge < -0.3 is 9.47 Å². The molecule has 4 aromatic rings. The van der Waals surface area contributed by atoms with Crippen LogP contribution < -0.4 is 9.47 Å². The van der Waals surface area contributed by atoms with E-state index in [4.69, 9.17) is 9.47 Å². The van der Waals surface area contributed by atoms with Gasteiger partial charge in [-0.25, -0.2) is 17.2 Å². The topological polar surface area (TPSA) is 74.6 Å². The van der Waals surface area contributed by atoms with Gasteiger partial charge in [0.15, 0.2) is 11.5 Å². The van der Waals surface area contributed by atoms with Crippen molar-refractivity contribution in [1.82, 2.24) is 3.97 Å². The largest absolute Gasteiger partial charge is 0.493 e. The number of carbonyl (C=O) groups excluding carboxylic acids is 1. The van der Waals surface area contributed by atoms with E-state index in [-0.39, 0.29) is 16.4 Å². The second kappa shape index (κ2) is 7.44. The van der Waals surface area contributed by atoms with Crippen LogP contribution in [-0.4, -0.2) is 25.5 Å². The number of benzene rings is 3. The van der Waals surface area contributed by atoms with Crippen LogP contribution in [0.25, 0.3) is 10.9 Å². The average Bonchev–Trinajstić information content (AvgIpc) is 3.18. The Balaban J connectivity index is 1.76. The van der Waals surface area contributed by atoms with E-state index in [1.54, 1.807) is 66.7 Å². The quantitative estimate of drug-likeness (QED) is 0.368. The number of esters is 1. The molecule has 1 aromatic heterocycles. The summed E-state index contributed by atoms with van der Waals surface area (Å²) in [6, 6.07) is 21.5. The van der Waals surface area contributed by atoms with E-state index in [0.717, 1.165) is 0 Å². The Bertz CT molecular complexity index is 1280. The molecule has 0 spiro atoms. The molecule has 7 heteroatoms. The van der Waals surface area contributed by atoms with Crippen molar-refractivity contribution >= 4 is 26.9 Å². The van der Waals surface area contributed by atoms with E-state index in [0.29, 0.717) is 16.5 Å². The maximum absolute atomic E-state index is 13.0. The van der Waals surface area contributed by atoms with Gasteiger partial charge in [-0.1, -0.05) is 36.4 Å². The maximum Gasteiger partial charge on any atom is 0.343 e. The van der Waals surface area contributed by atoms with Gasteiger partial charge in [0, 0.05) is 17.6 Å². The molecule has 0 fully saturated rings. The molecule has 0 unspecified atom stereocenters. The summed E-state index contributed by atoms with van der Waals surface area (Å²) in [5.41, 5.74) is 0.823. The lowest BCUT2D eigenvalue weighted by Gasteiger charge is -2.12. The van der Waals surface area contributed by atoms with Crippen LogP contribution in [-0.2, 0) is 10.0 Å². The minimum Gasteiger partial charge on any atom is -0.493 e. The fourth-order valence-corrected chi connectivity index (χ4v) is 4.37. The lowest BCUT2D eigenvalue weighted by molar-refractivity contribution is 0.0730. The van der Waals surface area contributed by atoms with Crippen LogP contribution in [0.4, 0.5) is 0 Å². The molecule has 0 aliphatic carbocycles. The predicted octanol–water partition coefficient (Wildman–Crippen LogP) is 4.11. The van der Waals surface area contributed by atoms with E-state index in [1.807, 2.05) is 0 Å². The van der Waals surface area contributed by atoms with Crippen molar-refractivity contribution in [3.05, 3.63) is 90.6 Å². The normalized spacial score (nSPS) is 11.3. The molecule has 0 aliphatic rings. The van der Waals surface area contributed by atoms with Crippen molar-refractivity contribution in [3.63, 3.8) is 0 Å². The van der Waals surface area contributed by atoms with Crippen molar-refractivity contribution in [2.45, 2.75) is 4.90 Å². The Labute approximate surface area is 168 Å². The molecule has 4 rings (SSSR count). The summed E-state index contributed by atoms with van der Waals surface area (Å²) in [6.45, 7) is 0. The third-order valence-corrected chi connectivity index (χ3v) is 6.16. The second-order valence-electron chi connectivity index (χ2n) is 6.25. The van der Waals surface area contributed by atoms with Crippen molar-refractivity contribution in [2.24, 2.45) is 0 Å². The highest BCUT2D eigenvalue weighted by Gasteiger charge is 2.21. The molecule has 0 aliphatic heterocycles. The zero-order chi connectivity index (χ0) is 20.4. The maximum atomic E-state index is 13.0. The molecule has 3 aromatic carbocycles. The first-order chi connectivity index (χ1) is 14.0. The third-order valence-electron chi connectivity index (χ3n) is 4.45. The number of hydrogen-bond acceptors (Lipinski definition) is 5. The Kier molecular flexibility index (Phi) is 4.82. The molecule has 0 atom stereocenters. The Hall–Kier alpha value is -3.58. The average molecular weight is 407 g/mol. The Morgan fingerprint density at radius 2 is 1.52 bits per heavy atom. The van der Waals surface area contributed by atoms with Gasteiger partial charge in [0.25, 0.3) is 10.0 Å². The first-order valence-electron chi connectivity index (χ1n) is 8.77. The minimum atomic E-state index is -3.77. The van der Waals surface area contributed by atoms with Crippen LogP contribution in [0.5, 0.6) is 11.5 Å². The molecule has 29 heavy (non-hydrogen) atoms. The van der Waals surface area contributed by atoms with Crippen LogP contribution in [0.15, 0.2) is 90.0 Å². The lowest BCUT2D eigenvalue weighted by Crippen LogP contribution is -2.12. The standard InChI is InChI=1S/C22H17NO5S/c1-27-20-15-19-17(14-21(20)28-22(24)16-8-4-2-5-9-16)12-13-23(19)29(25,26)18-10-6-3-7-11-18/h2-15H,1H3. The number of ether oxygens (including phenoxy) is 2. The molecular formula is C22H17NO5S. The molecule has 0 N–H and O–H groups in total. The minimum absolute atomic E-state index is 0.177. The Morgan fingerprint density at radius 3 is 2.17 bits per heavy atom. The first kappa shape index (κ1) is 18.8. The highest BCUT2D eigenvalue weighted by atomic mass is 32.2. The smallest absolute Gasteiger partial charge is 0.343 e. The summed E-state index contributed by atoms with van der Waals surface area (Å²) in [7, 11) is -2.34. The van der Waals surface area contributed by atoms with Gasteiger partial charge in [0.05, 0.1) is 23.1 Å². The molecule has 0 radical (unpaired) electrons. The fraction of sp³-hybridized carbons (Fsp3) is 0.0455. The van der Waals surface area contributed by atoms with Gasteiger partial charge in [-0.05, 0) is 36.4 Å². The summed E-state index contributed by atoms with van der Waals surface area (Å²) in [4.78, 5) is 12.6. The summed E-state index contributed by atoms with van der Waals surface area (Å²) >= 11 is 0. The second-order valence-corrected chi connectivity index (χ2v) is 8.06. The van der Waals surface area contributed by atoms with E-state index in [2.05, 4.69) is 0 Å². The summed E-state index contributed by atoms with van der Waals surface area (Å²) < 4.78 is 38.0. The summed E-state index contributed by atoms with van der Waals surface area (Å²) in [5.74, 6) is -0.0618. The molecule has 6 nitrogen and oxygen atoms in total. The van der Waals surface area contributed by atoms with Crippen LogP contribution in [0.2, 0.25) is 0 Å². The third kappa shape index (κ3) is 3.48. The number of rotatable bonds is 5. The van der Waals surface area contributed by atoms with Gasteiger partial charge in [0.1, 0.15) is 0 Å². The summed E-state index contributed by atoms with van der Waals surface area (Å²) in [5, 5.41) is 0.598. The summed E-state index contributed by atoms with van der Waals surface area (Å²) in [6.07, 6.45) is 1.47. The van der Waals surface area contributed by atoms with Crippen molar-refractivity contribution < 1.29 is 22.7 Å². The van der Waals surface area contributed by atoms with Crippen LogP contribution in [0.1, 0.15) is 10.4 Å². The van der Waals surface area contributed by atoms with E-state index in [1.165, 1.54) is 29.4 Å². The van der Waals surface area contributed by atoms with Crippen molar-refractivity contribution in [1.29, 1.82) is 0 Å². The SMILES string of the molecule is COc1cc2c(ccn2S(=O)(=O)c2ccccc2)cc1OC(=O)c1ccccc1. The number of methoxy groups -OCH3 is 1. The Morgan fingerprint density at radius 1 is 0.862 bits per heavy atom. The van der Waals surface area contributed by atoms with Crippen LogP contribution in [0, 0.1) is 0 Å². The zero-order valence-electron chi connectivity index (χ0n) is 15.5. The highest BCUT2D eigenvalue weighted by molar-refractivity contribution is 7.90. The van der Waals surface area contributed by atoms with Gasteiger partial charge in [0.2, 0.25) is 0 Å². The number of fused-ring (bicyclic) bond motifs is 1. The van der Waals surface area contributed by atoms with Gasteiger partial charge in [-0.15, -0.1) is 0 Å². The number of aromatic nitrogens is 1. The predicted molar refractivity (Wildman–Crippen MR) is 109 cm³/mol. The van der Waals surface area contributed by atoms with Crippen molar-refractivity contribution in [3.8, 4) is 11.5 Å². The lowest BCUT2D eigenvalue weighted by atomic mass is 10.2. The number of nitrogens with zero attached hydrogens (tertiary/aromatic N) is 1. The zero-order valence-corrected chi connectivity index (χ0v) is 16.3. The molecule has 0 bridgehead atoms. The molecule has 1 heterocycles. The highest BCUT2D eigenvalue weighted by Crippen LogP contribution is 2.34.